The van der Waals surface area contributed by atoms with Crippen LogP contribution in [0.4, 0.5) is 5.69 Å². The first-order chi connectivity index (χ1) is 12.7. The minimum Gasteiger partial charge on any atom is -0.325 e. The normalized spacial score (nSPS) is 12.0. The van der Waals surface area contributed by atoms with E-state index in [0.29, 0.717) is 12.2 Å². The average Bonchev–Trinajstić information content (AvgIpc) is 2.62. The molecule has 1 amide bonds. The van der Waals surface area contributed by atoms with E-state index in [2.05, 4.69) is 5.32 Å². The molecule has 2 aromatic rings. The number of carbonyl (C=O) groups excluding carboxylic acids is 1. The van der Waals surface area contributed by atoms with E-state index in [1.165, 1.54) is 16.4 Å². The SMILES string of the molecule is CC(C)N(C)S(=O)(=O)c1ccc(NC(=O)CN(C)Cc2ccccc2)cc1. The fourth-order valence-electron chi connectivity index (χ4n) is 2.55. The zero-order valence-corrected chi connectivity index (χ0v) is 17.0. The van der Waals surface area contributed by atoms with Crippen LogP contribution in [-0.2, 0) is 21.4 Å². The predicted molar refractivity (Wildman–Crippen MR) is 108 cm³/mol. The summed E-state index contributed by atoms with van der Waals surface area (Å²) in [6, 6.07) is 16.0. The first kappa shape index (κ1) is 21.1. The van der Waals surface area contributed by atoms with Gasteiger partial charge in [0.15, 0.2) is 0 Å². The number of hydrogen-bond donors (Lipinski definition) is 1. The predicted octanol–water partition coefficient (Wildman–Crippen LogP) is 2.79. The highest BCUT2D eigenvalue weighted by atomic mass is 32.2. The molecular formula is C20H27N3O3S. The van der Waals surface area contributed by atoms with Crippen molar-refractivity contribution < 1.29 is 13.2 Å². The molecular weight excluding hydrogens is 362 g/mol. The van der Waals surface area contributed by atoms with Crippen molar-refractivity contribution in [3.8, 4) is 0 Å². The summed E-state index contributed by atoms with van der Waals surface area (Å²) >= 11 is 0. The number of anilines is 1. The second-order valence-corrected chi connectivity index (χ2v) is 8.84. The van der Waals surface area contributed by atoms with Gasteiger partial charge in [0.1, 0.15) is 0 Å². The molecule has 0 saturated carbocycles. The molecule has 0 fully saturated rings. The summed E-state index contributed by atoms with van der Waals surface area (Å²) in [5.74, 6) is -0.150. The molecule has 0 spiro atoms. The van der Waals surface area contributed by atoms with Gasteiger partial charge in [-0.3, -0.25) is 9.69 Å². The molecule has 27 heavy (non-hydrogen) atoms. The number of nitrogens with zero attached hydrogens (tertiary/aromatic N) is 2. The molecule has 0 radical (unpaired) electrons. The Hall–Kier alpha value is -2.22. The Bertz CT molecular complexity index is 850. The van der Waals surface area contributed by atoms with E-state index in [1.807, 2.05) is 56.1 Å². The van der Waals surface area contributed by atoms with E-state index in [4.69, 9.17) is 0 Å². The lowest BCUT2D eigenvalue weighted by Crippen LogP contribution is -2.33. The van der Waals surface area contributed by atoms with Crippen molar-refractivity contribution in [1.29, 1.82) is 0 Å². The van der Waals surface area contributed by atoms with Crippen LogP contribution in [0.25, 0.3) is 0 Å². The van der Waals surface area contributed by atoms with Gasteiger partial charge in [0.2, 0.25) is 15.9 Å². The third kappa shape index (κ3) is 5.89. The van der Waals surface area contributed by atoms with E-state index < -0.39 is 10.0 Å². The van der Waals surface area contributed by atoms with Crippen LogP contribution in [-0.4, -0.2) is 50.2 Å². The Morgan fingerprint density at radius 2 is 1.59 bits per heavy atom. The van der Waals surface area contributed by atoms with E-state index in [-0.39, 0.29) is 23.4 Å². The zero-order valence-electron chi connectivity index (χ0n) is 16.2. The van der Waals surface area contributed by atoms with Gasteiger partial charge in [-0.25, -0.2) is 8.42 Å². The molecule has 0 aliphatic rings. The minimum absolute atomic E-state index is 0.130. The van der Waals surface area contributed by atoms with Crippen molar-refractivity contribution in [2.45, 2.75) is 31.3 Å². The summed E-state index contributed by atoms with van der Waals surface area (Å²) in [5.41, 5.74) is 1.70. The summed E-state index contributed by atoms with van der Waals surface area (Å²) in [7, 11) is -0.0919. The zero-order chi connectivity index (χ0) is 20.0. The number of likely N-dealkylation sites (N-methyl/N-ethyl adjacent to an activating group) is 1. The van der Waals surface area contributed by atoms with E-state index in [9.17, 15) is 13.2 Å². The molecule has 0 saturated heterocycles. The molecule has 1 N–H and O–H groups in total. The van der Waals surface area contributed by atoms with Crippen LogP contribution in [0.2, 0.25) is 0 Å². The van der Waals surface area contributed by atoms with Gasteiger partial charge in [0.25, 0.3) is 0 Å². The molecule has 0 aromatic heterocycles. The van der Waals surface area contributed by atoms with Gasteiger partial charge < -0.3 is 5.32 Å². The first-order valence-corrected chi connectivity index (χ1v) is 10.2. The number of nitrogens with one attached hydrogen (secondary N) is 1. The quantitative estimate of drug-likeness (QED) is 0.754. The second kappa shape index (κ2) is 9.12. The van der Waals surface area contributed by atoms with Crippen LogP contribution in [0.15, 0.2) is 59.5 Å². The summed E-state index contributed by atoms with van der Waals surface area (Å²) in [6.45, 7) is 4.55. The van der Waals surface area contributed by atoms with E-state index >= 15 is 0 Å². The van der Waals surface area contributed by atoms with Gasteiger partial charge in [-0.15, -0.1) is 0 Å². The fourth-order valence-corrected chi connectivity index (χ4v) is 3.92. The average molecular weight is 390 g/mol. The van der Waals surface area contributed by atoms with Gasteiger partial charge in [-0.05, 0) is 50.7 Å². The Morgan fingerprint density at radius 3 is 2.15 bits per heavy atom. The molecule has 6 nitrogen and oxygen atoms in total. The van der Waals surface area contributed by atoms with Gasteiger partial charge in [-0.2, -0.15) is 4.31 Å². The van der Waals surface area contributed by atoms with Gasteiger partial charge in [0.05, 0.1) is 11.4 Å². The third-order valence-corrected chi connectivity index (χ3v) is 6.30. The highest BCUT2D eigenvalue weighted by Crippen LogP contribution is 2.19. The highest BCUT2D eigenvalue weighted by Gasteiger charge is 2.22. The second-order valence-electron chi connectivity index (χ2n) is 6.85. The monoisotopic (exact) mass is 389 g/mol. The lowest BCUT2D eigenvalue weighted by molar-refractivity contribution is -0.117. The maximum atomic E-state index is 12.5. The van der Waals surface area contributed by atoms with Crippen LogP contribution < -0.4 is 5.32 Å². The number of hydrogen-bond acceptors (Lipinski definition) is 4. The number of sulfonamides is 1. The van der Waals surface area contributed by atoms with Crippen molar-refractivity contribution >= 4 is 21.6 Å². The summed E-state index contributed by atoms with van der Waals surface area (Å²) in [4.78, 5) is 14.3. The fraction of sp³-hybridized carbons (Fsp3) is 0.350. The van der Waals surface area contributed by atoms with Crippen LogP contribution in [0.1, 0.15) is 19.4 Å². The summed E-state index contributed by atoms with van der Waals surface area (Å²) < 4.78 is 26.2. The van der Waals surface area contributed by atoms with Crippen molar-refractivity contribution in [3.63, 3.8) is 0 Å². The van der Waals surface area contributed by atoms with Gasteiger partial charge in [0, 0.05) is 25.3 Å². The van der Waals surface area contributed by atoms with Gasteiger partial charge >= 0.3 is 0 Å². The first-order valence-electron chi connectivity index (χ1n) is 8.80. The lowest BCUT2D eigenvalue weighted by Gasteiger charge is -2.21. The van der Waals surface area contributed by atoms with Crippen molar-refractivity contribution in [1.82, 2.24) is 9.21 Å². The number of benzene rings is 2. The lowest BCUT2D eigenvalue weighted by atomic mass is 10.2. The topological polar surface area (TPSA) is 69.7 Å². The largest absolute Gasteiger partial charge is 0.325 e. The Morgan fingerprint density at radius 1 is 1.00 bits per heavy atom. The van der Waals surface area contributed by atoms with Crippen LogP contribution in [0, 0.1) is 0 Å². The Labute approximate surface area is 161 Å². The Kier molecular flexibility index (Phi) is 7.12. The molecule has 0 heterocycles. The third-order valence-electron chi connectivity index (χ3n) is 4.25. The smallest absolute Gasteiger partial charge is 0.243 e. The molecule has 7 heteroatoms. The minimum atomic E-state index is -3.52. The molecule has 0 atom stereocenters. The Balaban J connectivity index is 1.95. The molecule has 0 bridgehead atoms. The summed E-state index contributed by atoms with van der Waals surface area (Å²) in [5, 5.41) is 2.80. The molecule has 2 aromatic carbocycles. The van der Waals surface area contributed by atoms with Crippen LogP contribution >= 0.6 is 0 Å². The number of amides is 1. The standard InChI is InChI=1S/C20H27N3O3S/c1-16(2)23(4)27(25,26)19-12-10-18(11-13-19)21-20(24)15-22(3)14-17-8-6-5-7-9-17/h5-13,16H,14-15H2,1-4H3,(H,21,24). The number of rotatable bonds is 8. The van der Waals surface area contributed by atoms with E-state index in [1.54, 1.807) is 19.2 Å². The van der Waals surface area contributed by atoms with Crippen LogP contribution in [0.5, 0.6) is 0 Å². The highest BCUT2D eigenvalue weighted by molar-refractivity contribution is 7.89. The molecule has 2 rings (SSSR count). The molecule has 146 valence electrons. The van der Waals surface area contributed by atoms with Gasteiger partial charge in [-0.1, -0.05) is 30.3 Å². The molecule has 0 aliphatic heterocycles. The van der Waals surface area contributed by atoms with Crippen molar-refractivity contribution in [2.75, 3.05) is 26.0 Å². The van der Waals surface area contributed by atoms with E-state index in [0.717, 1.165) is 5.56 Å². The van der Waals surface area contributed by atoms with Crippen LogP contribution in [0.3, 0.4) is 0 Å². The van der Waals surface area contributed by atoms with Crippen molar-refractivity contribution in [3.05, 3.63) is 60.2 Å². The molecule has 0 aliphatic carbocycles. The number of carbonyl (C=O) groups is 1. The maximum absolute atomic E-state index is 12.5. The maximum Gasteiger partial charge on any atom is 0.243 e. The van der Waals surface area contributed by atoms with Crippen molar-refractivity contribution in [2.24, 2.45) is 0 Å². The molecule has 0 unspecified atom stereocenters. The summed E-state index contributed by atoms with van der Waals surface area (Å²) in [6.07, 6.45) is 0.